The molecule has 1 aromatic heterocycles. The first-order chi connectivity index (χ1) is 15.5. The second kappa shape index (κ2) is 9.36. The van der Waals surface area contributed by atoms with Gasteiger partial charge in [0.15, 0.2) is 0 Å². The van der Waals surface area contributed by atoms with Crippen molar-refractivity contribution in [2.45, 2.75) is 19.5 Å². The number of carbonyl (C=O) groups excluding carboxylic acids is 2. The van der Waals surface area contributed by atoms with Gasteiger partial charge in [0.2, 0.25) is 0 Å². The maximum atomic E-state index is 13.1. The summed E-state index contributed by atoms with van der Waals surface area (Å²) < 4.78 is 6.32. The molecule has 1 fully saturated rings. The molecule has 0 radical (unpaired) electrons. The van der Waals surface area contributed by atoms with Crippen LogP contribution in [0.3, 0.4) is 0 Å². The van der Waals surface area contributed by atoms with Gasteiger partial charge in [0.25, 0.3) is 11.7 Å². The maximum absolute atomic E-state index is 13.1. The summed E-state index contributed by atoms with van der Waals surface area (Å²) in [5.41, 5.74) is 2.02. The summed E-state index contributed by atoms with van der Waals surface area (Å²) in [6, 6.07) is 17.0. The summed E-state index contributed by atoms with van der Waals surface area (Å²) in [4.78, 5) is 31.7. The van der Waals surface area contributed by atoms with E-state index in [-0.39, 0.29) is 17.9 Å². The molecule has 2 heterocycles. The first kappa shape index (κ1) is 21.8. The number of benzene rings is 2. The second-order valence-electron chi connectivity index (χ2n) is 7.30. The Bertz CT molecular complexity index is 1160. The number of hydrogen-bond donors (Lipinski definition) is 1. The van der Waals surface area contributed by atoms with Crippen molar-refractivity contribution >= 4 is 33.4 Å². The summed E-state index contributed by atoms with van der Waals surface area (Å²) in [6.07, 6.45) is 3.31. The van der Waals surface area contributed by atoms with Gasteiger partial charge >= 0.3 is 0 Å². The normalized spacial score (nSPS) is 17.6. The van der Waals surface area contributed by atoms with Crippen LogP contribution in [-0.4, -0.2) is 33.3 Å². The Morgan fingerprint density at radius 3 is 2.44 bits per heavy atom. The summed E-state index contributed by atoms with van der Waals surface area (Å²) in [7, 11) is 0. The lowest BCUT2D eigenvalue weighted by Gasteiger charge is -2.25. The van der Waals surface area contributed by atoms with Crippen molar-refractivity contribution in [3.05, 3.63) is 99.8 Å². The number of amides is 1. The van der Waals surface area contributed by atoms with Crippen LogP contribution in [0.4, 0.5) is 0 Å². The predicted molar refractivity (Wildman–Crippen MR) is 124 cm³/mol. The number of ether oxygens (including phenoxy) is 1. The van der Waals surface area contributed by atoms with Gasteiger partial charge in [0.1, 0.15) is 11.5 Å². The smallest absolute Gasteiger partial charge is 0.295 e. The van der Waals surface area contributed by atoms with E-state index in [1.54, 1.807) is 42.7 Å². The number of aliphatic hydroxyl groups is 1. The van der Waals surface area contributed by atoms with E-state index in [0.717, 1.165) is 15.6 Å². The minimum Gasteiger partial charge on any atom is -0.507 e. The highest BCUT2D eigenvalue weighted by atomic mass is 79.9. The minimum atomic E-state index is -0.727. The van der Waals surface area contributed by atoms with E-state index in [2.05, 4.69) is 20.9 Å². The van der Waals surface area contributed by atoms with E-state index in [0.29, 0.717) is 17.9 Å². The molecule has 1 N–H and O–H groups in total. The molecule has 162 valence electrons. The predicted octanol–water partition coefficient (Wildman–Crippen LogP) is 4.86. The summed E-state index contributed by atoms with van der Waals surface area (Å²) in [6.45, 7) is 2.60. The van der Waals surface area contributed by atoms with Gasteiger partial charge in [-0.15, -0.1) is 0 Å². The third-order valence-electron chi connectivity index (χ3n) is 5.24. The standard InChI is InChI=1S/C25H21BrN2O4/c1-2-32-20-11-7-18(8-12-20)23(29)21-22(17-5-9-19(26)10-6-17)28(25(31)24(21)30)15-16-4-3-13-27-14-16/h3-14,22,29H,2,15H2,1H3/t22-/m0/s1. The molecule has 7 heteroatoms. The van der Waals surface area contributed by atoms with Crippen LogP contribution in [0.1, 0.15) is 29.7 Å². The molecule has 6 nitrogen and oxygen atoms in total. The summed E-state index contributed by atoms with van der Waals surface area (Å²) in [5.74, 6) is -0.930. The third-order valence-corrected chi connectivity index (χ3v) is 5.77. The van der Waals surface area contributed by atoms with Crippen LogP contribution in [0.25, 0.3) is 5.76 Å². The van der Waals surface area contributed by atoms with Gasteiger partial charge in [-0.2, -0.15) is 0 Å². The number of likely N-dealkylation sites (tertiary alicyclic amines) is 1. The van der Waals surface area contributed by atoms with Crippen LogP contribution in [0.2, 0.25) is 0 Å². The van der Waals surface area contributed by atoms with Crippen molar-refractivity contribution in [3.63, 3.8) is 0 Å². The molecule has 0 bridgehead atoms. The molecule has 0 unspecified atom stereocenters. The van der Waals surface area contributed by atoms with E-state index in [4.69, 9.17) is 4.74 Å². The van der Waals surface area contributed by atoms with Gasteiger partial charge in [0, 0.05) is 29.0 Å². The minimum absolute atomic E-state index is 0.0605. The summed E-state index contributed by atoms with van der Waals surface area (Å²) in [5, 5.41) is 11.1. The van der Waals surface area contributed by atoms with E-state index in [1.807, 2.05) is 37.3 Å². The molecule has 2 aromatic carbocycles. The van der Waals surface area contributed by atoms with Gasteiger partial charge < -0.3 is 14.7 Å². The fraction of sp³-hybridized carbons (Fsp3) is 0.160. The van der Waals surface area contributed by atoms with Crippen LogP contribution in [0.5, 0.6) is 5.75 Å². The maximum Gasteiger partial charge on any atom is 0.295 e. The average molecular weight is 493 g/mol. The lowest BCUT2D eigenvalue weighted by molar-refractivity contribution is -0.140. The molecule has 32 heavy (non-hydrogen) atoms. The molecular formula is C25H21BrN2O4. The SMILES string of the molecule is CCOc1ccc(C(O)=C2C(=O)C(=O)N(Cc3cccnc3)[C@H]2c2ccc(Br)cc2)cc1. The Balaban J connectivity index is 1.81. The first-order valence-corrected chi connectivity index (χ1v) is 10.9. The molecule has 1 amide bonds. The fourth-order valence-electron chi connectivity index (χ4n) is 3.75. The zero-order valence-electron chi connectivity index (χ0n) is 17.4. The van der Waals surface area contributed by atoms with Crippen LogP contribution in [0, 0.1) is 0 Å². The van der Waals surface area contributed by atoms with Crippen molar-refractivity contribution < 1.29 is 19.4 Å². The largest absolute Gasteiger partial charge is 0.507 e. The van der Waals surface area contributed by atoms with E-state index in [9.17, 15) is 14.7 Å². The number of aliphatic hydroxyl groups excluding tert-OH is 1. The van der Waals surface area contributed by atoms with Gasteiger partial charge in [-0.1, -0.05) is 34.1 Å². The van der Waals surface area contributed by atoms with Crippen LogP contribution in [0.15, 0.2) is 83.1 Å². The quantitative estimate of drug-likeness (QED) is 0.301. The molecule has 0 saturated carbocycles. The van der Waals surface area contributed by atoms with Crippen LogP contribution < -0.4 is 4.74 Å². The van der Waals surface area contributed by atoms with Crippen molar-refractivity contribution in [1.29, 1.82) is 0 Å². The van der Waals surface area contributed by atoms with Gasteiger partial charge in [0.05, 0.1) is 18.2 Å². The van der Waals surface area contributed by atoms with E-state index >= 15 is 0 Å². The first-order valence-electron chi connectivity index (χ1n) is 10.2. The van der Waals surface area contributed by atoms with Crippen molar-refractivity contribution in [2.75, 3.05) is 6.61 Å². The topological polar surface area (TPSA) is 79.7 Å². The number of carbonyl (C=O) groups is 2. The fourth-order valence-corrected chi connectivity index (χ4v) is 4.02. The highest BCUT2D eigenvalue weighted by Crippen LogP contribution is 2.40. The molecule has 0 aliphatic carbocycles. The number of rotatable bonds is 6. The Hall–Kier alpha value is -3.45. The number of halogens is 1. The highest BCUT2D eigenvalue weighted by molar-refractivity contribution is 9.10. The van der Waals surface area contributed by atoms with Crippen molar-refractivity contribution in [3.8, 4) is 5.75 Å². The Labute approximate surface area is 194 Å². The van der Waals surface area contributed by atoms with E-state index < -0.39 is 17.7 Å². The zero-order chi connectivity index (χ0) is 22.7. The summed E-state index contributed by atoms with van der Waals surface area (Å²) >= 11 is 3.42. The molecule has 1 atom stereocenters. The Morgan fingerprint density at radius 2 is 1.81 bits per heavy atom. The van der Waals surface area contributed by atoms with Gasteiger partial charge in [-0.05, 0) is 60.5 Å². The van der Waals surface area contributed by atoms with Gasteiger partial charge in [-0.3, -0.25) is 14.6 Å². The number of hydrogen-bond acceptors (Lipinski definition) is 5. The number of ketones is 1. The molecular weight excluding hydrogens is 472 g/mol. The van der Waals surface area contributed by atoms with E-state index in [1.165, 1.54) is 4.90 Å². The van der Waals surface area contributed by atoms with Crippen molar-refractivity contribution in [2.24, 2.45) is 0 Å². The molecule has 0 spiro atoms. The lowest BCUT2D eigenvalue weighted by atomic mass is 9.95. The lowest BCUT2D eigenvalue weighted by Crippen LogP contribution is -2.29. The Morgan fingerprint density at radius 1 is 1.09 bits per heavy atom. The average Bonchev–Trinajstić information content (AvgIpc) is 3.05. The number of nitrogens with zero attached hydrogens (tertiary/aromatic N) is 2. The number of aromatic nitrogens is 1. The molecule has 1 aliphatic rings. The molecule has 4 rings (SSSR count). The van der Waals surface area contributed by atoms with Crippen LogP contribution >= 0.6 is 15.9 Å². The third kappa shape index (κ3) is 4.29. The van der Waals surface area contributed by atoms with Crippen LogP contribution in [-0.2, 0) is 16.1 Å². The van der Waals surface area contributed by atoms with Crippen molar-refractivity contribution in [1.82, 2.24) is 9.88 Å². The number of Topliss-reactive ketones (excluding diaryl/α,β-unsaturated/α-hetero) is 1. The van der Waals surface area contributed by atoms with Gasteiger partial charge in [-0.25, -0.2) is 0 Å². The second-order valence-corrected chi connectivity index (χ2v) is 8.21. The molecule has 1 aliphatic heterocycles. The number of pyridine rings is 1. The molecule has 1 saturated heterocycles. The Kier molecular flexibility index (Phi) is 6.37. The monoisotopic (exact) mass is 492 g/mol. The highest BCUT2D eigenvalue weighted by Gasteiger charge is 2.46. The zero-order valence-corrected chi connectivity index (χ0v) is 19.0. The molecule has 3 aromatic rings.